The average molecular weight is 194 g/mol. The Hall–Kier alpha value is -1.29. The molecular formula is C9H10N2OS. The van der Waals surface area contributed by atoms with E-state index in [1.165, 1.54) is 0 Å². The van der Waals surface area contributed by atoms with Crippen LogP contribution in [0.2, 0.25) is 0 Å². The molecule has 4 heteroatoms. The molecule has 0 amide bonds. The van der Waals surface area contributed by atoms with Gasteiger partial charge in [0.2, 0.25) is 0 Å². The maximum atomic E-state index is 10.9. The standard InChI is InChI=1S/C9H10N2OS/c1-13(12)11-8-2-3-9-7(6-8)4-5-10-9/h2-6,10-11H,1H3. The summed E-state index contributed by atoms with van der Waals surface area (Å²) in [5.74, 6) is 0. The smallest absolute Gasteiger partial charge is 0.113 e. The van der Waals surface area contributed by atoms with E-state index in [1.807, 2.05) is 30.5 Å². The number of benzene rings is 1. The Labute approximate surface area is 78.7 Å². The highest BCUT2D eigenvalue weighted by molar-refractivity contribution is 7.85. The third-order valence-corrected chi connectivity index (χ3v) is 2.34. The normalized spacial score (nSPS) is 13.0. The van der Waals surface area contributed by atoms with E-state index >= 15 is 0 Å². The molecule has 1 unspecified atom stereocenters. The molecule has 0 bridgehead atoms. The number of hydrogen-bond donors (Lipinski definition) is 2. The third kappa shape index (κ3) is 1.72. The van der Waals surface area contributed by atoms with Crippen LogP contribution in [0.1, 0.15) is 0 Å². The van der Waals surface area contributed by atoms with Gasteiger partial charge in [-0.05, 0) is 24.3 Å². The van der Waals surface area contributed by atoms with Crippen molar-refractivity contribution < 1.29 is 4.21 Å². The zero-order valence-corrected chi connectivity index (χ0v) is 8.02. The van der Waals surface area contributed by atoms with Crippen molar-refractivity contribution in [2.24, 2.45) is 0 Å². The fourth-order valence-electron chi connectivity index (χ4n) is 1.28. The summed E-state index contributed by atoms with van der Waals surface area (Å²) in [6, 6.07) is 7.82. The number of fused-ring (bicyclic) bond motifs is 1. The summed E-state index contributed by atoms with van der Waals surface area (Å²) in [5.41, 5.74) is 1.97. The van der Waals surface area contributed by atoms with Crippen molar-refractivity contribution in [3.05, 3.63) is 30.5 Å². The lowest BCUT2D eigenvalue weighted by Gasteiger charge is -2.01. The molecule has 1 atom stereocenters. The minimum atomic E-state index is -1.01. The maximum absolute atomic E-state index is 10.9. The summed E-state index contributed by atoms with van der Waals surface area (Å²) < 4.78 is 13.7. The van der Waals surface area contributed by atoms with Crippen LogP contribution in [-0.2, 0) is 11.0 Å². The lowest BCUT2D eigenvalue weighted by molar-refractivity contribution is 0.690. The van der Waals surface area contributed by atoms with E-state index in [1.54, 1.807) is 6.26 Å². The second kappa shape index (κ2) is 3.22. The molecule has 68 valence electrons. The van der Waals surface area contributed by atoms with Crippen LogP contribution in [0.4, 0.5) is 5.69 Å². The highest BCUT2D eigenvalue weighted by atomic mass is 32.2. The van der Waals surface area contributed by atoms with Gasteiger partial charge < -0.3 is 9.71 Å². The molecule has 0 fully saturated rings. The zero-order valence-electron chi connectivity index (χ0n) is 7.20. The first kappa shape index (κ1) is 8.31. The van der Waals surface area contributed by atoms with Crippen molar-refractivity contribution in [1.29, 1.82) is 0 Å². The summed E-state index contributed by atoms with van der Waals surface area (Å²) in [5, 5.41) is 1.12. The molecule has 1 aromatic carbocycles. The van der Waals surface area contributed by atoms with Gasteiger partial charge in [-0.1, -0.05) is 0 Å². The van der Waals surface area contributed by atoms with Gasteiger partial charge in [-0.15, -0.1) is 0 Å². The predicted molar refractivity (Wildman–Crippen MR) is 56.0 cm³/mol. The topological polar surface area (TPSA) is 44.9 Å². The van der Waals surface area contributed by atoms with E-state index in [-0.39, 0.29) is 0 Å². The van der Waals surface area contributed by atoms with E-state index in [9.17, 15) is 4.21 Å². The van der Waals surface area contributed by atoms with Gasteiger partial charge in [-0.2, -0.15) is 0 Å². The predicted octanol–water partition coefficient (Wildman–Crippen LogP) is 1.87. The molecule has 2 rings (SSSR count). The number of rotatable bonds is 2. The fourth-order valence-corrected chi connectivity index (χ4v) is 1.74. The quantitative estimate of drug-likeness (QED) is 0.753. The third-order valence-electron chi connectivity index (χ3n) is 1.81. The fraction of sp³-hybridized carbons (Fsp3) is 0.111. The van der Waals surface area contributed by atoms with Gasteiger partial charge in [0.15, 0.2) is 0 Å². The van der Waals surface area contributed by atoms with Crippen LogP contribution >= 0.6 is 0 Å². The molecule has 0 aliphatic rings. The lowest BCUT2D eigenvalue weighted by Crippen LogP contribution is -2.00. The highest BCUT2D eigenvalue weighted by Crippen LogP contribution is 2.17. The Balaban J connectivity index is 2.42. The Morgan fingerprint density at radius 3 is 3.00 bits per heavy atom. The van der Waals surface area contributed by atoms with E-state index in [2.05, 4.69) is 9.71 Å². The molecule has 3 nitrogen and oxygen atoms in total. The number of nitrogens with one attached hydrogen (secondary N) is 2. The molecule has 2 aromatic rings. The largest absolute Gasteiger partial charge is 0.361 e. The van der Waals surface area contributed by atoms with Crippen LogP contribution in [-0.4, -0.2) is 15.4 Å². The van der Waals surface area contributed by atoms with Crippen LogP contribution < -0.4 is 4.72 Å². The Morgan fingerprint density at radius 2 is 2.23 bits per heavy atom. The van der Waals surface area contributed by atoms with E-state index in [0.717, 1.165) is 16.6 Å². The van der Waals surface area contributed by atoms with Crippen LogP contribution in [0.5, 0.6) is 0 Å². The number of anilines is 1. The van der Waals surface area contributed by atoms with Crippen molar-refractivity contribution in [3.8, 4) is 0 Å². The molecular weight excluding hydrogens is 184 g/mol. The maximum Gasteiger partial charge on any atom is 0.113 e. The highest BCUT2D eigenvalue weighted by Gasteiger charge is 1.97. The first-order valence-electron chi connectivity index (χ1n) is 3.93. The minimum absolute atomic E-state index is 0.882. The van der Waals surface area contributed by atoms with E-state index < -0.39 is 11.0 Å². The van der Waals surface area contributed by atoms with Gasteiger partial charge in [0, 0.05) is 29.0 Å². The number of aromatic nitrogens is 1. The Kier molecular flexibility index (Phi) is 2.06. The van der Waals surface area contributed by atoms with Crippen LogP contribution in [0.3, 0.4) is 0 Å². The number of aromatic amines is 1. The summed E-state index contributed by atoms with van der Waals surface area (Å²) in [6.07, 6.45) is 3.50. The summed E-state index contributed by atoms with van der Waals surface area (Å²) in [4.78, 5) is 3.10. The molecule has 1 heterocycles. The summed E-state index contributed by atoms with van der Waals surface area (Å²) in [6.45, 7) is 0. The Bertz CT molecular complexity index is 450. The second-order valence-corrected chi connectivity index (χ2v) is 3.95. The zero-order chi connectivity index (χ0) is 9.26. The van der Waals surface area contributed by atoms with Crippen LogP contribution in [0.25, 0.3) is 10.9 Å². The minimum Gasteiger partial charge on any atom is -0.361 e. The SMILES string of the molecule is CS(=O)Nc1ccc2[nH]ccc2c1. The van der Waals surface area contributed by atoms with Crippen molar-refractivity contribution in [2.75, 3.05) is 11.0 Å². The molecule has 13 heavy (non-hydrogen) atoms. The molecule has 0 aliphatic heterocycles. The van der Waals surface area contributed by atoms with E-state index in [4.69, 9.17) is 0 Å². The van der Waals surface area contributed by atoms with Crippen molar-refractivity contribution in [1.82, 2.24) is 4.98 Å². The van der Waals surface area contributed by atoms with Crippen LogP contribution in [0.15, 0.2) is 30.5 Å². The molecule has 1 aromatic heterocycles. The molecule has 0 aliphatic carbocycles. The van der Waals surface area contributed by atoms with Gasteiger partial charge in [0.1, 0.15) is 11.0 Å². The number of H-pyrrole nitrogens is 1. The number of hydrogen-bond acceptors (Lipinski definition) is 1. The monoisotopic (exact) mass is 194 g/mol. The van der Waals surface area contributed by atoms with Crippen molar-refractivity contribution >= 4 is 27.6 Å². The molecule has 0 radical (unpaired) electrons. The van der Waals surface area contributed by atoms with Crippen molar-refractivity contribution in [2.45, 2.75) is 0 Å². The van der Waals surface area contributed by atoms with Crippen LogP contribution in [0, 0.1) is 0 Å². The molecule has 0 saturated carbocycles. The molecule has 0 spiro atoms. The molecule has 0 saturated heterocycles. The summed E-state index contributed by atoms with van der Waals surface area (Å²) >= 11 is 0. The average Bonchev–Trinajstić information content (AvgIpc) is 2.49. The second-order valence-electron chi connectivity index (χ2n) is 2.84. The first-order valence-corrected chi connectivity index (χ1v) is 5.49. The van der Waals surface area contributed by atoms with Gasteiger partial charge >= 0.3 is 0 Å². The lowest BCUT2D eigenvalue weighted by atomic mass is 10.2. The first-order chi connectivity index (χ1) is 6.25. The van der Waals surface area contributed by atoms with Crippen molar-refractivity contribution in [3.63, 3.8) is 0 Å². The Morgan fingerprint density at radius 1 is 1.38 bits per heavy atom. The van der Waals surface area contributed by atoms with Gasteiger partial charge in [0.25, 0.3) is 0 Å². The van der Waals surface area contributed by atoms with E-state index in [0.29, 0.717) is 0 Å². The summed E-state index contributed by atoms with van der Waals surface area (Å²) in [7, 11) is -1.01. The molecule has 2 N–H and O–H groups in total. The van der Waals surface area contributed by atoms with Gasteiger partial charge in [-0.25, -0.2) is 4.21 Å². The van der Waals surface area contributed by atoms with Gasteiger partial charge in [-0.3, -0.25) is 0 Å². The van der Waals surface area contributed by atoms with Gasteiger partial charge in [0.05, 0.1) is 0 Å².